The Labute approximate surface area is 129 Å². The highest BCUT2D eigenvalue weighted by Crippen LogP contribution is 2.26. The summed E-state index contributed by atoms with van der Waals surface area (Å²) in [5.41, 5.74) is 7.41. The average Bonchev–Trinajstić information content (AvgIpc) is 2.39. The maximum Gasteiger partial charge on any atom is 0.228 e. The normalized spacial score (nSPS) is 12.5. The zero-order valence-corrected chi connectivity index (χ0v) is 13.9. The standard InChI is InChI=1S/C15H23BrN2O2/c1-10(2)7-11(8-17)15(19)18-14-6-4-5-13(16)12(14)9-20-3/h4-6,10-11H,7-9,17H2,1-3H3,(H,18,19). The van der Waals surface area contributed by atoms with Gasteiger partial charge < -0.3 is 15.8 Å². The molecule has 0 saturated carbocycles. The zero-order valence-electron chi connectivity index (χ0n) is 12.3. The molecule has 1 atom stereocenters. The third-order valence-corrected chi connectivity index (χ3v) is 3.82. The number of hydrogen-bond donors (Lipinski definition) is 2. The molecule has 112 valence electrons. The van der Waals surface area contributed by atoms with Gasteiger partial charge in [-0.25, -0.2) is 0 Å². The van der Waals surface area contributed by atoms with Crippen LogP contribution in [0.1, 0.15) is 25.8 Å². The Morgan fingerprint density at radius 3 is 2.70 bits per heavy atom. The van der Waals surface area contributed by atoms with Crippen molar-refractivity contribution in [3.05, 3.63) is 28.2 Å². The maximum absolute atomic E-state index is 12.3. The number of nitrogens with one attached hydrogen (secondary N) is 1. The minimum atomic E-state index is -0.163. The second kappa shape index (κ2) is 8.39. The van der Waals surface area contributed by atoms with E-state index in [1.165, 1.54) is 0 Å². The fraction of sp³-hybridized carbons (Fsp3) is 0.533. The molecular weight excluding hydrogens is 320 g/mol. The highest BCUT2D eigenvalue weighted by Gasteiger charge is 2.19. The molecule has 0 aliphatic heterocycles. The van der Waals surface area contributed by atoms with Crippen LogP contribution in [0.5, 0.6) is 0 Å². The van der Waals surface area contributed by atoms with Crippen LogP contribution in [0.15, 0.2) is 22.7 Å². The number of rotatable bonds is 7. The van der Waals surface area contributed by atoms with Gasteiger partial charge in [0.05, 0.1) is 12.5 Å². The van der Waals surface area contributed by atoms with Gasteiger partial charge in [-0.1, -0.05) is 35.8 Å². The Kier molecular flexibility index (Phi) is 7.19. The van der Waals surface area contributed by atoms with Gasteiger partial charge in [-0.05, 0) is 24.5 Å². The van der Waals surface area contributed by atoms with Gasteiger partial charge >= 0.3 is 0 Å². The summed E-state index contributed by atoms with van der Waals surface area (Å²) in [7, 11) is 1.63. The number of methoxy groups -OCH3 is 1. The van der Waals surface area contributed by atoms with E-state index in [2.05, 4.69) is 35.1 Å². The lowest BCUT2D eigenvalue weighted by molar-refractivity contribution is -0.120. The first kappa shape index (κ1) is 17.1. The Morgan fingerprint density at radius 1 is 1.45 bits per heavy atom. The van der Waals surface area contributed by atoms with Gasteiger partial charge in [0.2, 0.25) is 5.91 Å². The molecule has 4 nitrogen and oxygen atoms in total. The van der Waals surface area contributed by atoms with Gasteiger partial charge in [0.25, 0.3) is 0 Å². The summed E-state index contributed by atoms with van der Waals surface area (Å²) in [5.74, 6) is 0.247. The first-order valence-corrected chi connectivity index (χ1v) is 7.56. The minimum absolute atomic E-state index is 0.0309. The topological polar surface area (TPSA) is 64.3 Å². The van der Waals surface area contributed by atoms with Crippen molar-refractivity contribution in [1.29, 1.82) is 0 Å². The van der Waals surface area contributed by atoms with Crippen molar-refractivity contribution in [3.8, 4) is 0 Å². The first-order valence-electron chi connectivity index (χ1n) is 6.76. The van der Waals surface area contributed by atoms with Crippen molar-refractivity contribution in [2.24, 2.45) is 17.6 Å². The lowest BCUT2D eigenvalue weighted by atomic mass is 9.96. The van der Waals surface area contributed by atoms with Crippen LogP contribution in [0.3, 0.4) is 0 Å². The second-order valence-electron chi connectivity index (χ2n) is 5.25. The average molecular weight is 343 g/mol. The summed E-state index contributed by atoms with van der Waals surface area (Å²) >= 11 is 3.48. The molecule has 3 N–H and O–H groups in total. The molecule has 0 saturated heterocycles. The zero-order chi connectivity index (χ0) is 15.1. The van der Waals surface area contributed by atoms with Gasteiger partial charge in [0.1, 0.15) is 0 Å². The summed E-state index contributed by atoms with van der Waals surface area (Å²) < 4.78 is 6.10. The van der Waals surface area contributed by atoms with Gasteiger partial charge in [0.15, 0.2) is 0 Å². The molecule has 0 fully saturated rings. The highest BCUT2D eigenvalue weighted by atomic mass is 79.9. The summed E-state index contributed by atoms with van der Waals surface area (Å²) in [5, 5.41) is 2.96. The highest BCUT2D eigenvalue weighted by molar-refractivity contribution is 9.10. The molecule has 1 amide bonds. The van der Waals surface area contributed by atoms with Gasteiger partial charge in [0, 0.05) is 29.4 Å². The summed E-state index contributed by atoms with van der Waals surface area (Å²) in [6.07, 6.45) is 0.788. The van der Waals surface area contributed by atoms with E-state index in [-0.39, 0.29) is 11.8 Å². The fourth-order valence-corrected chi connectivity index (χ4v) is 2.56. The van der Waals surface area contributed by atoms with E-state index in [0.29, 0.717) is 19.1 Å². The van der Waals surface area contributed by atoms with Crippen molar-refractivity contribution in [2.75, 3.05) is 19.0 Å². The fourth-order valence-electron chi connectivity index (χ4n) is 2.08. The number of benzene rings is 1. The predicted molar refractivity (Wildman–Crippen MR) is 85.5 cm³/mol. The summed E-state index contributed by atoms with van der Waals surface area (Å²) in [6, 6.07) is 5.69. The lowest BCUT2D eigenvalue weighted by Gasteiger charge is -2.18. The third-order valence-electron chi connectivity index (χ3n) is 3.08. The summed E-state index contributed by atoms with van der Waals surface area (Å²) in [6.45, 7) is 4.98. The van der Waals surface area contributed by atoms with E-state index < -0.39 is 0 Å². The quantitative estimate of drug-likeness (QED) is 0.799. The van der Waals surface area contributed by atoms with E-state index in [0.717, 1.165) is 22.1 Å². The van der Waals surface area contributed by atoms with Crippen molar-refractivity contribution in [3.63, 3.8) is 0 Å². The number of ether oxygens (including phenoxy) is 1. The molecule has 1 unspecified atom stereocenters. The van der Waals surface area contributed by atoms with E-state index >= 15 is 0 Å². The van der Waals surface area contributed by atoms with E-state index in [9.17, 15) is 4.79 Å². The number of hydrogen-bond acceptors (Lipinski definition) is 3. The molecule has 0 radical (unpaired) electrons. The number of carbonyl (C=O) groups is 1. The van der Waals surface area contributed by atoms with Gasteiger partial charge in [-0.3, -0.25) is 4.79 Å². The number of carbonyl (C=O) groups excluding carboxylic acids is 1. The van der Waals surface area contributed by atoms with Crippen LogP contribution < -0.4 is 11.1 Å². The smallest absolute Gasteiger partial charge is 0.228 e. The van der Waals surface area contributed by atoms with E-state index in [1.54, 1.807) is 7.11 Å². The van der Waals surface area contributed by atoms with Crippen LogP contribution in [0.4, 0.5) is 5.69 Å². The lowest BCUT2D eigenvalue weighted by Crippen LogP contribution is -2.30. The maximum atomic E-state index is 12.3. The Morgan fingerprint density at radius 2 is 2.15 bits per heavy atom. The molecule has 1 aromatic rings. The second-order valence-corrected chi connectivity index (χ2v) is 6.10. The monoisotopic (exact) mass is 342 g/mol. The molecule has 0 aliphatic rings. The molecule has 0 spiro atoms. The molecule has 0 heterocycles. The van der Waals surface area contributed by atoms with Crippen LogP contribution >= 0.6 is 15.9 Å². The molecule has 1 aromatic carbocycles. The molecule has 0 aliphatic carbocycles. The SMILES string of the molecule is COCc1c(Br)cccc1NC(=O)C(CN)CC(C)C. The Balaban J connectivity index is 2.86. The molecule has 0 bridgehead atoms. The first-order chi connectivity index (χ1) is 9.49. The number of halogens is 1. The van der Waals surface area contributed by atoms with Crippen LogP contribution in [-0.2, 0) is 16.1 Å². The third kappa shape index (κ3) is 4.89. The van der Waals surface area contributed by atoms with Crippen LogP contribution in [0.2, 0.25) is 0 Å². The number of anilines is 1. The van der Waals surface area contributed by atoms with Gasteiger partial charge in [-0.2, -0.15) is 0 Å². The van der Waals surface area contributed by atoms with Gasteiger partial charge in [-0.15, -0.1) is 0 Å². The van der Waals surface area contributed by atoms with Crippen LogP contribution in [0, 0.1) is 11.8 Å². The largest absolute Gasteiger partial charge is 0.380 e. The molecule has 1 rings (SSSR count). The molecule has 20 heavy (non-hydrogen) atoms. The number of amides is 1. The Bertz CT molecular complexity index is 449. The van der Waals surface area contributed by atoms with E-state index in [4.69, 9.17) is 10.5 Å². The van der Waals surface area contributed by atoms with Crippen LogP contribution in [0.25, 0.3) is 0 Å². The van der Waals surface area contributed by atoms with Crippen molar-refractivity contribution < 1.29 is 9.53 Å². The predicted octanol–water partition coefficient (Wildman–Crippen LogP) is 3.16. The Hall–Kier alpha value is -0.910. The van der Waals surface area contributed by atoms with Crippen molar-refractivity contribution in [2.45, 2.75) is 26.9 Å². The molecular formula is C15H23BrN2O2. The molecule has 0 aromatic heterocycles. The molecule has 5 heteroatoms. The van der Waals surface area contributed by atoms with E-state index in [1.807, 2.05) is 18.2 Å². The summed E-state index contributed by atoms with van der Waals surface area (Å²) in [4.78, 5) is 12.3. The minimum Gasteiger partial charge on any atom is -0.380 e. The van der Waals surface area contributed by atoms with Crippen molar-refractivity contribution in [1.82, 2.24) is 0 Å². The van der Waals surface area contributed by atoms with Crippen molar-refractivity contribution >= 4 is 27.5 Å². The number of nitrogens with two attached hydrogens (primary N) is 1. The van der Waals surface area contributed by atoms with Crippen LogP contribution in [-0.4, -0.2) is 19.6 Å².